The van der Waals surface area contributed by atoms with E-state index in [0.29, 0.717) is 19.6 Å². The van der Waals surface area contributed by atoms with Gasteiger partial charge in [-0.05, 0) is 37.8 Å². The molecule has 23 heavy (non-hydrogen) atoms. The molecule has 2 heterocycles. The van der Waals surface area contributed by atoms with Gasteiger partial charge in [-0.15, -0.1) is 0 Å². The van der Waals surface area contributed by atoms with Crippen LogP contribution in [0.2, 0.25) is 0 Å². The van der Waals surface area contributed by atoms with Gasteiger partial charge in [-0.2, -0.15) is 0 Å². The van der Waals surface area contributed by atoms with Crippen LogP contribution in [-0.4, -0.2) is 48.6 Å². The number of likely N-dealkylation sites (tertiary alicyclic amines) is 1. The molecule has 0 aromatic heterocycles. The smallest absolute Gasteiger partial charge is 0.318 e. The van der Waals surface area contributed by atoms with Crippen molar-refractivity contribution in [2.75, 3.05) is 25.0 Å². The van der Waals surface area contributed by atoms with Gasteiger partial charge >= 0.3 is 6.03 Å². The number of hydrogen-bond donors (Lipinski definition) is 3. The van der Waals surface area contributed by atoms with E-state index in [1.54, 1.807) is 4.90 Å². The van der Waals surface area contributed by atoms with Crippen molar-refractivity contribution in [2.24, 2.45) is 0 Å². The molecular formula is C17H24N4O2. The molecule has 6 nitrogen and oxygen atoms in total. The maximum Gasteiger partial charge on any atom is 0.318 e. The number of urea groups is 1. The SMILES string of the molecule is O=C1NCCCC[C@@H]1NC(=O)N1CC[C@H](Nc2ccccc2)C1. The highest BCUT2D eigenvalue weighted by molar-refractivity contribution is 5.87. The Morgan fingerprint density at radius 1 is 1.17 bits per heavy atom. The van der Waals surface area contributed by atoms with Gasteiger partial charge in [-0.1, -0.05) is 18.2 Å². The molecule has 3 amide bonds. The van der Waals surface area contributed by atoms with Crippen LogP contribution in [0.1, 0.15) is 25.7 Å². The Morgan fingerprint density at radius 3 is 2.83 bits per heavy atom. The van der Waals surface area contributed by atoms with E-state index in [1.165, 1.54) is 0 Å². The van der Waals surface area contributed by atoms with Crippen LogP contribution in [0.5, 0.6) is 0 Å². The summed E-state index contributed by atoms with van der Waals surface area (Å²) in [6.45, 7) is 2.08. The molecule has 3 rings (SSSR count). The Kier molecular flexibility index (Phi) is 5.00. The molecule has 124 valence electrons. The summed E-state index contributed by atoms with van der Waals surface area (Å²) in [4.78, 5) is 26.1. The lowest BCUT2D eigenvalue weighted by atomic mass is 10.1. The maximum atomic E-state index is 12.4. The lowest BCUT2D eigenvalue weighted by molar-refractivity contribution is -0.122. The third kappa shape index (κ3) is 4.15. The van der Waals surface area contributed by atoms with E-state index in [1.807, 2.05) is 30.3 Å². The summed E-state index contributed by atoms with van der Waals surface area (Å²) in [5.41, 5.74) is 1.07. The molecule has 2 aliphatic heterocycles. The van der Waals surface area contributed by atoms with Gasteiger partial charge in [0.1, 0.15) is 6.04 Å². The Bertz CT molecular complexity index is 549. The summed E-state index contributed by atoms with van der Waals surface area (Å²) in [6.07, 6.45) is 3.57. The van der Waals surface area contributed by atoms with E-state index in [9.17, 15) is 9.59 Å². The van der Waals surface area contributed by atoms with Crippen LogP contribution in [0.15, 0.2) is 30.3 Å². The zero-order valence-corrected chi connectivity index (χ0v) is 13.3. The Morgan fingerprint density at radius 2 is 2.00 bits per heavy atom. The molecule has 0 unspecified atom stereocenters. The third-order valence-corrected chi connectivity index (χ3v) is 4.45. The van der Waals surface area contributed by atoms with E-state index in [4.69, 9.17) is 0 Å². The van der Waals surface area contributed by atoms with Gasteiger partial charge in [-0.25, -0.2) is 4.79 Å². The molecular weight excluding hydrogens is 292 g/mol. The minimum absolute atomic E-state index is 0.0611. The van der Waals surface area contributed by atoms with E-state index in [-0.39, 0.29) is 18.0 Å². The second kappa shape index (κ2) is 7.35. The fourth-order valence-corrected chi connectivity index (χ4v) is 3.15. The second-order valence-electron chi connectivity index (χ2n) is 6.23. The number of rotatable bonds is 3. The summed E-state index contributed by atoms with van der Waals surface area (Å²) in [6, 6.07) is 9.75. The number of benzene rings is 1. The summed E-state index contributed by atoms with van der Waals surface area (Å²) in [5.74, 6) is -0.0611. The molecule has 2 fully saturated rings. The topological polar surface area (TPSA) is 73.5 Å². The molecule has 2 atom stereocenters. The van der Waals surface area contributed by atoms with E-state index in [2.05, 4.69) is 16.0 Å². The largest absolute Gasteiger partial charge is 0.380 e. The van der Waals surface area contributed by atoms with Crippen molar-refractivity contribution in [3.8, 4) is 0 Å². The normalized spacial score (nSPS) is 24.7. The Hall–Kier alpha value is -2.24. The van der Waals surface area contributed by atoms with Crippen molar-refractivity contribution in [1.29, 1.82) is 0 Å². The summed E-state index contributed by atoms with van der Waals surface area (Å²) in [5, 5.41) is 9.18. The van der Waals surface area contributed by atoms with Crippen LogP contribution in [0, 0.1) is 0 Å². The average molecular weight is 316 g/mol. The van der Waals surface area contributed by atoms with E-state index in [0.717, 1.165) is 31.4 Å². The standard InChI is InChI=1S/C17H24N4O2/c22-16-15(8-4-5-10-18-16)20-17(23)21-11-9-14(12-21)19-13-6-2-1-3-7-13/h1-3,6-7,14-15,19H,4-5,8-12H2,(H,18,22)(H,20,23)/t14-,15-/m0/s1. The monoisotopic (exact) mass is 316 g/mol. The zero-order chi connectivity index (χ0) is 16.1. The van der Waals surface area contributed by atoms with Crippen LogP contribution in [0.25, 0.3) is 0 Å². The number of carbonyl (C=O) groups excluding carboxylic acids is 2. The maximum absolute atomic E-state index is 12.4. The van der Waals surface area contributed by atoms with Gasteiger partial charge in [0, 0.05) is 31.4 Å². The number of nitrogens with one attached hydrogen (secondary N) is 3. The predicted octanol–water partition coefficient (Wildman–Crippen LogP) is 1.55. The van der Waals surface area contributed by atoms with Crippen molar-refractivity contribution < 1.29 is 9.59 Å². The van der Waals surface area contributed by atoms with Crippen molar-refractivity contribution in [3.05, 3.63) is 30.3 Å². The molecule has 3 N–H and O–H groups in total. The molecule has 0 bridgehead atoms. The van der Waals surface area contributed by atoms with Crippen LogP contribution < -0.4 is 16.0 Å². The molecule has 0 aliphatic carbocycles. The van der Waals surface area contributed by atoms with Crippen molar-refractivity contribution in [3.63, 3.8) is 0 Å². The molecule has 2 saturated heterocycles. The van der Waals surface area contributed by atoms with E-state index >= 15 is 0 Å². The fourth-order valence-electron chi connectivity index (χ4n) is 3.15. The molecule has 0 saturated carbocycles. The first-order chi connectivity index (χ1) is 11.2. The van der Waals surface area contributed by atoms with Gasteiger partial charge in [0.25, 0.3) is 0 Å². The van der Waals surface area contributed by atoms with E-state index < -0.39 is 6.04 Å². The molecule has 1 aromatic carbocycles. The fraction of sp³-hybridized carbons (Fsp3) is 0.529. The van der Waals surface area contributed by atoms with Gasteiger partial charge in [0.05, 0.1) is 0 Å². The van der Waals surface area contributed by atoms with Crippen LogP contribution in [-0.2, 0) is 4.79 Å². The highest BCUT2D eigenvalue weighted by Crippen LogP contribution is 2.16. The highest BCUT2D eigenvalue weighted by atomic mass is 16.2. The first-order valence-electron chi connectivity index (χ1n) is 8.37. The number of hydrogen-bond acceptors (Lipinski definition) is 3. The summed E-state index contributed by atoms with van der Waals surface area (Å²) in [7, 11) is 0. The minimum Gasteiger partial charge on any atom is -0.380 e. The first kappa shape index (κ1) is 15.6. The average Bonchev–Trinajstić information content (AvgIpc) is 2.93. The molecule has 0 radical (unpaired) electrons. The third-order valence-electron chi connectivity index (χ3n) is 4.45. The Labute approximate surface area is 136 Å². The number of amides is 3. The molecule has 0 spiro atoms. The lowest BCUT2D eigenvalue weighted by Gasteiger charge is -2.22. The predicted molar refractivity (Wildman–Crippen MR) is 89.2 cm³/mol. The lowest BCUT2D eigenvalue weighted by Crippen LogP contribution is -2.50. The highest BCUT2D eigenvalue weighted by Gasteiger charge is 2.29. The molecule has 1 aromatic rings. The van der Waals surface area contributed by atoms with Gasteiger partial charge < -0.3 is 20.9 Å². The second-order valence-corrected chi connectivity index (χ2v) is 6.23. The van der Waals surface area contributed by atoms with Gasteiger partial charge in [-0.3, -0.25) is 4.79 Å². The van der Waals surface area contributed by atoms with Crippen molar-refractivity contribution >= 4 is 17.6 Å². The number of carbonyl (C=O) groups is 2. The minimum atomic E-state index is -0.397. The first-order valence-corrected chi connectivity index (χ1v) is 8.37. The number of nitrogens with zero attached hydrogens (tertiary/aromatic N) is 1. The number of anilines is 1. The van der Waals surface area contributed by atoms with Crippen molar-refractivity contribution in [1.82, 2.24) is 15.5 Å². The summed E-state index contributed by atoms with van der Waals surface area (Å²) < 4.78 is 0. The van der Waals surface area contributed by atoms with Crippen LogP contribution in [0.3, 0.4) is 0 Å². The quantitative estimate of drug-likeness (QED) is 0.792. The zero-order valence-electron chi connectivity index (χ0n) is 13.3. The number of para-hydroxylation sites is 1. The van der Waals surface area contributed by atoms with Gasteiger partial charge in [0.15, 0.2) is 0 Å². The summed E-state index contributed by atoms with van der Waals surface area (Å²) >= 11 is 0. The van der Waals surface area contributed by atoms with Crippen LogP contribution in [0.4, 0.5) is 10.5 Å². The molecule has 2 aliphatic rings. The Balaban J connectivity index is 1.50. The van der Waals surface area contributed by atoms with Crippen LogP contribution >= 0.6 is 0 Å². The van der Waals surface area contributed by atoms with Gasteiger partial charge in [0.2, 0.25) is 5.91 Å². The van der Waals surface area contributed by atoms with Crippen molar-refractivity contribution in [2.45, 2.75) is 37.8 Å². The molecule has 6 heteroatoms.